The Bertz CT molecular complexity index is 725. The van der Waals surface area contributed by atoms with Crippen molar-refractivity contribution in [3.05, 3.63) is 58.1 Å². The fourth-order valence-electron chi connectivity index (χ4n) is 2.83. The van der Waals surface area contributed by atoms with Gasteiger partial charge in [-0.25, -0.2) is 0 Å². The highest BCUT2D eigenvalue weighted by molar-refractivity contribution is 7.42. The first kappa shape index (κ1) is 16.3. The zero-order valence-electron chi connectivity index (χ0n) is 14.3. The van der Waals surface area contributed by atoms with Crippen LogP contribution in [0.4, 0.5) is 0 Å². The van der Waals surface area contributed by atoms with Crippen LogP contribution in [0.15, 0.2) is 30.3 Å². The summed E-state index contributed by atoms with van der Waals surface area (Å²) in [5.74, 6) is 1.75. The Morgan fingerprint density at radius 3 is 2.43 bits per heavy atom. The molecule has 0 bridgehead atoms. The summed E-state index contributed by atoms with van der Waals surface area (Å²) in [5, 5.41) is 0. The van der Waals surface area contributed by atoms with Crippen LogP contribution in [-0.4, -0.2) is 6.10 Å². The second-order valence-corrected chi connectivity index (χ2v) is 7.44. The molecule has 1 atom stereocenters. The predicted molar refractivity (Wildman–Crippen MR) is 94.3 cm³/mol. The molecule has 0 saturated heterocycles. The lowest BCUT2D eigenvalue weighted by Crippen LogP contribution is -2.11. The molecule has 2 aromatic rings. The van der Waals surface area contributed by atoms with Gasteiger partial charge in [-0.15, -0.1) is 0 Å². The van der Waals surface area contributed by atoms with Crippen molar-refractivity contribution in [2.24, 2.45) is 0 Å². The van der Waals surface area contributed by atoms with Crippen LogP contribution < -0.4 is 9.05 Å². The molecular formula is C19H23O3P. The smallest absolute Gasteiger partial charge is 0.417 e. The van der Waals surface area contributed by atoms with Crippen LogP contribution in [0.5, 0.6) is 11.5 Å². The summed E-state index contributed by atoms with van der Waals surface area (Å²) in [4.78, 5) is 0. The second kappa shape index (κ2) is 6.51. The van der Waals surface area contributed by atoms with Crippen LogP contribution in [-0.2, 0) is 10.9 Å². The normalized spacial score (nSPS) is 16.7. The molecule has 1 aliphatic heterocycles. The maximum absolute atomic E-state index is 6.14. The second-order valence-electron chi connectivity index (χ2n) is 6.42. The Labute approximate surface area is 139 Å². The lowest BCUT2D eigenvalue weighted by atomic mass is 9.98. The van der Waals surface area contributed by atoms with E-state index in [-0.39, 0.29) is 6.10 Å². The Hall–Kier alpha value is -1.57. The summed E-state index contributed by atoms with van der Waals surface area (Å²) < 4.78 is 18.1. The molecule has 0 aromatic heterocycles. The van der Waals surface area contributed by atoms with E-state index in [1.807, 2.05) is 19.9 Å². The van der Waals surface area contributed by atoms with E-state index >= 15 is 0 Å². The van der Waals surface area contributed by atoms with E-state index in [4.69, 9.17) is 13.6 Å². The maximum atomic E-state index is 6.14. The Kier molecular flexibility index (Phi) is 4.61. The maximum Gasteiger partial charge on any atom is 0.463 e. The summed E-state index contributed by atoms with van der Waals surface area (Å²) in [6.07, 6.45) is 0.850. The first-order chi connectivity index (χ1) is 10.9. The van der Waals surface area contributed by atoms with Gasteiger partial charge in [-0.05, 0) is 57.4 Å². The van der Waals surface area contributed by atoms with Crippen LogP contribution in [0.25, 0.3) is 0 Å². The van der Waals surface area contributed by atoms with Crippen LogP contribution in [0, 0.1) is 20.8 Å². The zero-order chi connectivity index (χ0) is 16.6. The highest BCUT2D eigenvalue weighted by Gasteiger charge is 2.26. The van der Waals surface area contributed by atoms with Crippen molar-refractivity contribution in [3.63, 3.8) is 0 Å². The van der Waals surface area contributed by atoms with Gasteiger partial charge in [-0.1, -0.05) is 35.4 Å². The lowest BCUT2D eigenvalue weighted by Gasteiger charge is -2.26. The molecule has 0 saturated carbocycles. The molecule has 1 unspecified atom stereocenters. The highest BCUT2D eigenvalue weighted by atomic mass is 31.2. The summed E-state index contributed by atoms with van der Waals surface area (Å²) in [6.45, 7) is 10.3. The van der Waals surface area contributed by atoms with Gasteiger partial charge >= 0.3 is 8.60 Å². The fraction of sp³-hybridized carbons (Fsp3) is 0.368. The van der Waals surface area contributed by atoms with Crippen LogP contribution in [0.1, 0.15) is 41.7 Å². The van der Waals surface area contributed by atoms with Crippen molar-refractivity contribution in [1.82, 2.24) is 0 Å². The Balaban J connectivity index is 2.10. The molecule has 3 nitrogen and oxygen atoms in total. The van der Waals surface area contributed by atoms with E-state index in [0.717, 1.165) is 23.5 Å². The molecule has 122 valence electrons. The standard InChI is InChI=1S/C19H23O3P/c1-12(2)20-23-21-18-7-6-13(3)9-16(18)11-17-10-14(4)8-15(5)19(17)22-23/h6-10,12H,11H2,1-5H3. The Morgan fingerprint density at radius 1 is 0.957 bits per heavy atom. The summed E-state index contributed by atoms with van der Waals surface area (Å²) in [5.41, 5.74) is 5.97. The third-order valence-corrected chi connectivity index (χ3v) is 5.00. The SMILES string of the molecule is Cc1ccc2c(c1)Cc1cc(C)cc(C)c1OP(OC(C)C)O2. The topological polar surface area (TPSA) is 27.7 Å². The molecule has 1 aliphatic rings. The van der Waals surface area contributed by atoms with Crippen molar-refractivity contribution in [2.75, 3.05) is 0 Å². The van der Waals surface area contributed by atoms with E-state index in [1.165, 1.54) is 22.3 Å². The zero-order valence-corrected chi connectivity index (χ0v) is 15.2. The van der Waals surface area contributed by atoms with Crippen molar-refractivity contribution < 1.29 is 13.6 Å². The largest absolute Gasteiger partial charge is 0.463 e. The molecule has 23 heavy (non-hydrogen) atoms. The van der Waals surface area contributed by atoms with Gasteiger partial charge in [0.05, 0.1) is 6.10 Å². The molecule has 0 spiro atoms. The van der Waals surface area contributed by atoms with Gasteiger partial charge in [0, 0.05) is 6.42 Å². The molecule has 4 heteroatoms. The number of benzene rings is 2. The third-order valence-electron chi connectivity index (χ3n) is 3.73. The average molecular weight is 330 g/mol. The molecule has 1 heterocycles. The first-order valence-corrected chi connectivity index (χ1v) is 9.04. The minimum absolute atomic E-state index is 0.0450. The van der Waals surface area contributed by atoms with Gasteiger partial charge < -0.3 is 9.05 Å². The van der Waals surface area contributed by atoms with Gasteiger partial charge in [0.15, 0.2) is 0 Å². The van der Waals surface area contributed by atoms with E-state index in [1.54, 1.807) is 0 Å². The molecule has 2 aromatic carbocycles. The predicted octanol–water partition coefficient (Wildman–Crippen LogP) is 5.63. The number of hydrogen-bond donors (Lipinski definition) is 0. The number of rotatable bonds is 2. The monoisotopic (exact) mass is 330 g/mol. The fourth-order valence-corrected chi connectivity index (χ4v) is 4.05. The van der Waals surface area contributed by atoms with Crippen LogP contribution in [0.3, 0.4) is 0 Å². The highest BCUT2D eigenvalue weighted by Crippen LogP contribution is 2.48. The minimum Gasteiger partial charge on any atom is -0.417 e. The van der Waals surface area contributed by atoms with Gasteiger partial charge in [0.2, 0.25) is 0 Å². The number of aryl methyl sites for hydroxylation is 3. The van der Waals surface area contributed by atoms with Gasteiger partial charge in [-0.3, -0.25) is 4.52 Å². The summed E-state index contributed by atoms with van der Waals surface area (Å²) in [6, 6.07) is 10.6. The van der Waals surface area contributed by atoms with Crippen molar-refractivity contribution in [3.8, 4) is 11.5 Å². The van der Waals surface area contributed by atoms with Gasteiger partial charge in [0.25, 0.3) is 0 Å². The molecule has 0 N–H and O–H groups in total. The van der Waals surface area contributed by atoms with Gasteiger partial charge in [-0.2, -0.15) is 0 Å². The molecule has 0 amide bonds. The average Bonchev–Trinajstić information content (AvgIpc) is 2.42. The Morgan fingerprint density at radius 2 is 1.70 bits per heavy atom. The molecular weight excluding hydrogens is 307 g/mol. The van der Waals surface area contributed by atoms with E-state index in [0.29, 0.717) is 0 Å². The minimum atomic E-state index is -1.46. The number of fused-ring (bicyclic) bond motifs is 2. The van der Waals surface area contributed by atoms with Crippen molar-refractivity contribution in [1.29, 1.82) is 0 Å². The van der Waals surface area contributed by atoms with E-state index in [2.05, 4.69) is 45.0 Å². The van der Waals surface area contributed by atoms with Gasteiger partial charge in [0.1, 0.15) is 11.5 Å². The molecule has 0 aliphatic carbocycles. The van der Waals surface area contributed by atoms with Crippen LogP contribution >= 0.6 is 8.60 Å². The third kappa shape index (κ3) is 3.68. The van der Waals surface area contributed by atoms with E-state index in [9.17, 15) is 0 Å². The lowest BCUT2D eigenvalue weighted by molar-refractivity contribution is 0.208. The molecule has 3 rings (SSSR count). The first-order valence-electron chi connectivity index (χ1n) is 7.95. The summed E-state index contributed by atoms with van der Waals surface area (Å²) in [7, 11) is -1.46. The number of hydrogen-bond acceptors (Lipinski definition) is 3. The van der Waals surface area contributed by atoms with E-state index < -0.39 is 8.60 Å². The summed E-state index contributed by atoms with van der Waals surface area (Å²) >= 11 is 0. The molecule has 0 radical (unpaired) electrons. The quantitative estimate of drug-likeness (QED) is 0.668. The van der Waals surface area contributed by atoms with Crippen LogP contribution in [0.2, 0.25) is 0 Å². The van der Waals surface area contributed by atoms with Crippen molar-refractivity contribution >= 4 is 8.60 Å². The van der Waals surface area contributed by atoms with Crippen molar-refractivity contribution in [2.45, 2.75) is 47.1 Å². The molecule has 0 fully saturated rings.